The van der Waals surface area contributed by atoms with Gasteiger partial charge < -0.3 is 9.47 Å². The Balaban J connectivity index is 2.05. The lowest BCUT2D eigenvalue weighted by molar-refractivity contribution is -0.0428. The SMILES string of the molecule is COc1ccc(C2=C(S(=O)(=O)C(F)(F)F)C[C@]2(c2ccc(Br)cc2)c2ccc(OC)cc2)cc1. The predicted molar refractivity (Wildman–Crippen MR) is 127 cm³/mol. The van der Waals surface area contributed by atoms with E-state index in [2.05, 4.69) is 15.9 Å². The summed E-state index contributed by atoms with van der Waals surface area (Å²) in [6.45, 7) is 0. The molecule has 34 heavy (non-hydrogen) atoms. The Morgan fingerprint density at radius 2 is 1.24 bits per heavy atom. The van der Waals surface area contributed by atoms with Gasteiger partial charge in [0.2, 0.25) is 0 Å². The van der Waals surface area contributed by atoms with Crippen molar-refractivity contribution in [3.63, 3.8) is 0 Å². The minimum absolute atomic E-state index is 0.0972. The Labute approximate surface area is 204 Å². The van der Waals surface area contributed by atoms with E-state index in [1.165, 1.54) is 14.2 Å². The molecule has 0 aliphatic heterocycles. The van der Waals surface area contributed by atoms with E-state index in [0.29, 0.717) is 28.2 Å². The van der Waals surface area contributed by atoms with Gasteiger partial charge in [-0.05, 0) is 58.7 Å². The maximum absolute atomic E-state index is 13.7. The van der Waals surface area contributed by atoms with Gasteiger partial charge in [0, 0.05) is 10.9 Å². The van der Waals surface area contributed by atoms with E-state index in [0.717, 1.165) is 4.47 Å². The van der Waals surface area contributed by atoms with Crippen molar-refractivity contribution in [2.24, 2.45) is 0 Å². The van der Waals surface area contributed by atoms with Crippen LogP contribution in [0.2, 0.25) is 0 Å². The second-order valence-electron chi connectivity index (χ2n) is 7.79. The minimum Gasteiger partial charge on any atom is -0.497 e. The van der Waals surface area contributed by atoms with Crippen molar-refractivity contribution in [2.45, 2.75) is 17.3 Å². The average molecular weight is 553 g/mol. The third-order valence-electron chi connectivity index (χ3n) is 6.06. The van der Waals surface area contributed by atoms with Crippen molar-refractivity contribution in [3.05, 3.63) is 98.9 Å². The van der Waals surface area contributed by atoms with Crippen LogP contribution in [0.5, 0.6) is 11.5 Å². The standard InChI is InChI=1S/C25H20BrF3O4S/c1-32-20-11-3-16(4-12-20)23-22(34(30,31)25(27,28)29)15-24(23,17-5-9-19(26)10-6-17)18-7-13-21(33-2)14-8-18/h3-14H,15H2,1-2H3/t24-/m0/s1. The van der Waals surface area contributed by atoms with Crippen LogP contribution in [0.4, 0.5) is 13.2 Å². The van der Waals surface area contributed by atoms with Crippen LogP contribution in [0.1, 0.15) is 23.1 Å². The van der Waals surface area contributed by atoms with E-state index in [9.17, 15) is 21.6 Å². The molecule has 0 heterocycles. The molecule has 1 aliphatic rings. The monoisotopic (exact) mass is 552 g/mol. The molecule has 0 saturated heterocycles. The van der Waals surface area contributed by atoms with Gasteiger partial charge >= 0.3 is 5.51 Å². The first kappa shape index (κ1) is 24.3. The molecule has 0 amide bonds. The molecule has 0 unspecified atom stereocenters. The highest BCUT2D eigenvalue weighted by molar-refractivity contribution is 9.10. The second-order valence-corrected chi connectivity index (χ2v) is 10.7. The zero-order valence-corrected chi connectivity index (χ0v) is 20.6. The second kappa shape index (κ2) is 8.78. The zero-order chi connectivity index (χ0) is 24.7. The molecule has 3 aromatic rings. The largest absolute Gasteiger partial charge is 0.501 e. The lowest BCUT2D eigenvalue weighted by Gasteiger charge is -2.47. The molecule has 1 aliphatic carbocycles. The van der Waals surface area contributed by atoms with Gasteiger partial charge in [-0.2, -0.15) is 13.2 Å². The topological polar surface area (TPSA) is 52.6 Å². The number of allylic oxidation sites excluding steroid dienone is 2. The molecule has 0 fully saturated rings. The summed E-state index contributed by atoms with van der Waals surface area (Å²) in [4.78, 5) is -0.635. The van der Waals surface area contributed by atoms with Gasteiger partial charge in [-0.3, -0.25) is 0 Å². The summed E-state index contributed by atoms with van der Waals surface area (Å²) < 4.78 is 77.4. The van der Waals surface area contributed by atoms with Gasteiger partial charge in [0.05, 0.1) is 24.5 Å². The van der Waals surface area contributed by atoms with Crippen LogP contribution in [0.25, 0.3) is 5.57 Å². The Morgan fingerprint density at radius 1 is 0.794 bits per heavy atom. The lowest BCUT2D eigenvalue weighted by Crippen LogP contribution is -2.43. The number of ether oxygens (including phenoxy) is 2. The van der Waals surface area contributed by atoms with Gasteiger partial charge in [0.25, 0.3) is 9.84 Å². The fourth-order valence-corrected chi connectivity index (χ4v) is 5.86. The van der Waals surface area contributed by atoms with Crippen molar-refractivity contribution >= 4 is 31.3 Å². The first-order valence-electron chi connectivity index (χ1n) is 10.1. The Kier molecular flexibility index (Phi) is 6.29. The highest BCUT2D eigenvalue weighted by Crippen LogP contribution is 2.60. The van der Waals surface area contributed by atoms with Crippen molar-refractivity contribution in [1.29, 1.82) is 0 Å². The van der Waals surface area contributed by atoms with E-state index >= 15 is 0 Å². The van der Waals surface area contributed by atoms with Gasteiger partial charge in [0.1, 0.15) is 11.5 Å². The van der Waals surface area contributed by atoms with Gasteiger partial charge in [0.15, 0.2) is 0 Å². The Bertz CT molecular complexity index is 1330. The predicted octanol–water partition coefficient (Wildman–Crippen LogP) is 6.50. The van der Waals surface area contributed by atoms with Gasteiger partial charge in [-0.25, -0.2) is 8.42 Å². The Hall–Kier alpha value is -2.78. The summed E-state index contributed by atoms with van der Waals surface area (Å²) in [6, 6.07) is 20.4. The molecule has 4 rings (SSSR count). The third kappa shape index (κ3) is 3.90. The van der Waals surface area contributed by atoms with Gasteiger partial charge in [-0.1, -0.05) is 52.3 Å². The minimum atomic E-state index is -5.55. The molecule has 178 valence electrons. The molecule has 9 heteroatoms. The first-order valence-corrected chi connectivity index (χ1v) is 12.4. The lowest BCUT2D eigenvalue weighted by atomic mass is 9.58. The quantitative estimate of drug-likeness (QED) is 0.350. The number of alkyl halides is 3. The fourth-order valence-electron chi connectivity index (χ4n) is 4.35. The van der Waals surface area contributed by atoms with Gasteiger partial charge in [-0.15, -0.1) is 0 Å². The molecule has 0 aromatic heterocycles. The summed E-state index contributed by atoms with van der Waals surface area (Å²) >= 11 is 3.39. The molecule has 1 atom stereocenters. The Morgan fingerprint density at radius 3 is 1.68 bits per heavy atom. The maximum Gasteiger partial charge on any atom is 0.501 e. The smallest absolute Gasteiger partial charge is 0.497 e. The third-order valence-corrected chi connectivity index (χ3v) is 8.19. The van der Waals surface area contributed by atoms with E-state index in [-0.39, 0.29) is 12.0 Å². The number of hydrogen-bond acceptors (Lipinski definition) is 4. The number of halogens is 4. The summed E-state index contributed by atoms with van der Waals surface area (Å²) in [6.07, 6.45) is -0.329. The number of hydrogen-bond donors (Lipinski definition) is 0. The summed E-state index contributed by atoms with van der Waals surface area (Å²) in [5.74, 6) is 1.08. The maximum atomic E-state index is 13.7. The number of methoxy groups -OCH3 is 2. The van der Waals surface area contributed by atoms with Crippen molar-refractivity contribution in [3.8, 4) is 11.5 Å². The van der Waals surface area contributed by atoms with Crippen LogP contribution in [0.15, 0.2) is 82.2 Å². The first-order chi connectivity index (χ1) is 16.0. The normalized spacial score (nSPS) is 18.4. The number of sulfone groups is 1. The van der Waals surface area contributed by atoms with Crippen LogP contribution < -0.4 is 9.47 Å². The molecule has 0 radical (unpaired) electrons. The highest BCUT2D eigenvalue weighted by Gasteiger charge is 2.59. The van der Waals surface area contributed by atoms with Crippen LogP contribution in [-0.4, -0.2) is 28.1 Å². The summed E-state index contributed by atoms with van der Waals surface area (Å²) in [5.41, 5.74) is -4.73. The number of benzene rings is 3. The molecular formula is C25H20BrF3O4S. The average Bonchev–Trinajstić information content (AvgIpc) is 2.80. The molecule has 0 spiro atoms. The van der Waals surface area contributed by atoms with E-state index < -0.39 is 25.7 Å². The number of rotatable bonds is 6. The molecule has 0 bridgehead atoms. The van der Waals surface area contributed by atoms with E-state index in [1.807, 2.05) is 0 Å². The zero-order valence-electron chi connectivity index (χ0n) is 18.2. The van der Waals surface area contributed by atoms with Crippen molar-refractivity contribution in [2.75, 3.05) is 14.2 Å². The van der Waals surface area contributed by atoms with E-state index in [1.54, 1.807) is 72.8 Å². The van der Waals surface area contributed by atoms with Crippen LogP contribution >= 0.6 is 15.9 Å². The van der Waals surface area contributed by atoms with Crippen molar-refractivity contribution < 1.29 is 31.1 Å². The molecule has 0 saturated carbocycles. The fraction of sp³-hybridized carbons (Fsp3) is 0.200. The van der Waals surface area contributed by atoms with E-state index in [4.69, 9.17) is 9.47 Å². The molecule has 0 N–H and O–H groups in total. The highest BCUT2D eigenvalue weighted by atomic mass is 79.9. The summed E-state index contributed by atoms with van der Waals surface area (Å²) in [7, 11) is -2.56. The van der Waals surface area contributed by atoms with Crippen LogP contribution in [0.3, 0.4) is 0 Å². The molecule has 4 nitrogen and oxygen atoms in total. The van der Waals surface area contributed by atoms with Crippen LogP contribution in [-0.2, 0) is 15.3 Å². The summed E-state index contributed by atoms with van der Waals surface area (Å²) in [5, 5.41) is 0. The van der Waals surface area contributed by atoms with Crippen molar-refractivity contribution in [1.82, 2.24) is 0 Å². The molecule has 3 aromatic carbocycles. The van der Waals surface area contributed by atoms with Crippen LogP contribution in [0, 0.1) is 0 Å². The molecular weight excluding hydrogens is 533 g/mol.